The zero-order valence-corrected chi connectivity index (χ0v) is 14.8. The van der Waals surface area contributed by atoms with Gasteiger partial charge in [0.1, 0.15) is 5.82 Å². The number of aryl methyl sites for hydroxylation is 1. The molecule has 0 aliphatic rings. The Kier molecular flexibility index (Phi) is 4.42. The maximum atomic E-state index is 12.9. The van der Waals surface area contributed by atoms with Crippen LogP contribution >= 0.6 is 0 Å². The first-order valence-electron chi connectivity index (χ1n) is 8.77. The van der Waals surface area contributed by atoms with Crippen LogP contribution in [0.25, 0.3) is 21.8 Å². The molecule has 0 saturated carbocycles. The van der Waals surface area contributed by atoms with Crippen molar-refractivity contribution in [3.8, 4) is 0 Å². The summed E-state index contributed by atoms with van der Waals surface area (Å²) in [5.74, 6) is -0.760. The summed E-state index contributed by atoms with van der Waals surface area (Å²) in [7, 11) is 0. The van der Waals surface area contributed by atoms with Crippen molar-refractivity contribution in [2.45, 2.75) is 13.5 Å². The average molecular weight is 359 g/mol. The molecule has 1 amide bonds. The summed E-state index contributed by atoms with van der Waals surface area (Å²) in [5, 5.41) is 6.38. The van der Waals surface area contributed by atoms with E-state index in [1.165, 1.54) is 40.7 Å². The third-order valence-electron chi connectivity index (χ3n) is 4.60. The maximum Gasteiger partial charge on any atom is 0.271 e. The van der Waals surface area contributed by atoms with Gasteiger partial charge in [0.2, 0.25) is 0 Å². The van der Waals surface area contributed by atoms with Crippen molar-refractivity contribution >= 4 is 33.9 Å². The third kappa shape index (κ3) is 3.19. The van der Waals surface area contributed by atoms with Gasteiger partial charge in [-0.15, -0.1) is 0 Å². The highest BCUT2D eigenvalue weighted by Crippen LogP contribution is 2.29. The number of halogens is 1. The summed E-state index contributed by atoms with van der Waals surface area (Å²) in [4.78, 5) is 12.0. The van der Waals surface area contributed by atoms with Crippen LogP contribution in [0.2, 0.25) is 0 Å². The quantitative estimate of drug-likeness (QED) is 0.416. The van der Waals surface area contributed by atoms with Gasteiger partial charge in [-0.25, -0.2) is 9.82 Å². The van der Waals surface area contributed by atoms with Gasteiger partial charge in [0.05, 0.1) is 6.21 Å². The first-order valence-corrected chi connectivity index (χ1v) is 8.77. The number of amides is 1. The number of hydrazone groups is 1. The normalized spacial score (nSPS) is 11.5. The van der Waals surface area contributed by atoms with E-state index in [0.29, 0.717) is 5.56 Å². The lowest BCUT2D eigenvalue weighted by Gasteiger charge is -2.03. The molecule has 1 N–H and O–H groups in total. The van der Waals surface area contributed by atoms with Gasteiger partial charge in [-0.2, -0.15) is 5.10 Å². The largest absolute Gasteiger partial charge is 0.341 e. The van der Waals surface area contributed by atoms with Crippen LogP contribution in [0, 0.1) is 5.82 Å². The van der Waals surface area contributed by atoms with Crippen LogP contribution in [-0.2, 0) is 6.54 Å². The van der Waals surface area contributed by atoms with E-state index in [0.717, 1.165) is 17.5 Å². The minimum Gasteiger partial charge on any atom is -0.341 e. The van der Waals surface area contributed by atoms with Crippen LogP contribution in [0.1, 0.15) is 22.8 Å². The SMILES string of the molecule is CCn1c2ccccc2c2cc(/C=N/NC(=O)c3ccc(F)cc3)ccc21. The summed E-state index contributed by atoms with van der Waals surface area (Å²) in [6, 6.07) is 19.8. The fraction of sp³-hybridized carbons (Fsp3) is 0.0909. The lowest BCUT2D eigenvalue weighted by molar-refractivity contribution is 0.0955. The van der Waals surface area contributed by atoms with E-state index in [1.54, 1.807) is 6.21 Å². The highest BCUT2D eigenvalue weighted by atomic mass is 19.1. The lowest BCUT2D eigenvalue weighted by Crippen LogP contribution is -2.17. The Morgan fingerprint density at radius 2 is 1.78 bits per heavy atom. The maximum absolute atomic E-state index is 12.9. The zero-order valence-electron chi connectivity index (χ0n) is 14.8. The molecular weight excluding hydrogens is 341 g/mol. The molecule has 0 radical (unpaired) electrons. The number of hydrogen-bond acceptors (Lipinski definition) is 2. The number of nitrogens with one attached hydrogen (secondary N) is 1. The highest BCUT2D eigenvalue weighted by Gasteiger charge is 2.09. The van der Waals surface area contributed by atoms with E-state index >= 15 is 0 Å². The van der Waals surface area contributed by atoms with E-state index in [9.17, 15) is 9.18 Å². The van der Waals surface area contributed by atoms with Gasteiger partial charge >= 0.3 is 0 Å². The molecule has 3 aromatic carbocycles. The average Bonchev–Trinajstić information content (AvgIpc) is 3.01. The molecule has 4 nitrogen and oxygen atoms in total. The predicted molar refractivity (Wildman–Crippen MR) is 107 cm³/mol. The van der Waals surface area contributed by atoms with Crippen molar-refractivity contribution in [2.24, 2.45) is 5.10 Å². The molecule has 0 atom stereocenters. The number of carbonyl (C=O) groups is 1. The Hall–Kier alpha value is -3.47. The molecule has 0 unspecified atom stereocenters. The van der Waals surface area contributed by atoms with Crippen LogP contribution < -0.4 is 5.43 Å². The molecule has 4 rings (SSSR count). The van der Waals surface area contributed by atoms with Crippen molar-refractivity contribution in [2.75, 3.05) is 0 Å². The Balaban J connectivity index is 1.61. The van der Waals surface area contributed by atoms with Crippen LogP contribution in [0.5, 0.6) is 0 Å². The van der Waals surface area contributed by atoms with E-state index < -0.39 is 0 Å². The topological polar surface area (TPSA) is 46.4 Å². The van der Waals surface area contributed by atoms with E-state index in [1.807, 2.05) is 18.2 Å². The van der Waals surface area contributed by atoms with E-state index in [-0.39, 0.29) is 11.7 Å². The van der Waals surface area contributed by atoms with Crippen molar-refractivity contribution in [1.29, 1.82) is 0 Å². The van der Waals surface area contributed by atoms with Crippen molar-refractivity contribution in [3.63, 3.8) is 0 Å². The van der Waals surface area contributed by atoms with Gasteiger partial charge in [-0.1, -0.05) is 24.3 Å². The molecule has 134 valence electrons. The molecule has 0 aliphatic carbocycles. The van der Waals surface area contributed by atoms with Crippen molar-refractivity contribution < 1.29 is 9.18 Å². The smallest absolute Gasteiger partial charge is 0.271 e. The molecule has 1 heterocycles. The van der Waals surface area contributed by atoms with Crippen LogP contribution in [-0.4, -0.2) is 16.7 Å². The van der Waals surface area contributed by atoms with Crippen molar-refractivity contribution in [1.82, 2.24) is 9.99 Å². The fourth-order valence-corrected chi connectivity index (χ4v) is 3.32. The van der Waals surface area contributed by atoms with Crippen molar-refractivity contribution in [3.05, 3.63) is 83.7 Å². The number of hydrogen-bond donors (Lipinski definition) is 1. The molecule has 1 aromatic heterocycles. The summed E-state index contributed by atoms with van der Waals surface area (Å²) in [5.41, 5.74) is 6.09. The molecule has 27 heavy (non-hydrogen) atoms. The summed E-state index contributed by atoms with van der Waals surface area (Å²) in [6.45, 7) is 3.03. The Bertz CT molecular complexity index is 1160. The number of para-hydroxylation sites is 1. The molecule has 4 aromatic rings. The lowest BCUT2D eigenvalue weighted by atomic mass is 10.1. The number of fused-ring (bicyclic) bond motifs is 3. The number of aromatic nitrogens is 1. The molecule has 0 fully saturated rings. The van der Waals surface area contributed by atoms with Gasteiger partial charge in [0, 0.05) is 33.9 Å². The highest BCUT2D eigenvalue weighted by molar-refractivity contribution is 6.09. The number of nitrogens with zero attached hydrogens (tertiary/aromatic N) is 2. The molecule has 0 spiro atoms. The molecule has 0 aliphatic heterocycles. The Morgan fingerprint density at radius 1 is 1.04 bits per heavy atom. The second-order valence-corrected chi connectivity index (χ2v) is 6.24. The van der Waals surface area contributed by atoms with Crippen LogP contribution in [0.15, 0.2) is 71.8 Å². The minimum absolute atomic E-state index is 0.356. The zero-order chi connectivity index (χ0) is 18.8. The summed E-state index contributed by atoms with van der Waals surface area (Å²) < 4.78 is 15.2. The monoisotopic (exact) mass is 359 g/mol. The predicted octanol–water partition coefficient (Wildman–Crippen LogP) is 4.72. The van der Waals surface area contributed by atoms with Gasteiger partial charge in [0.15, 0.2) is 0 Å². The van der Waals surface area contributed by atoms with Gasteiger partial charge in [-0.05, 0) is 55.0 Å². The van der Waals surface area contributed by atoms with E-state index in [2.05, 4.69) is 46.3 Å². The second kappa shape index (κ2) is 7.03. The number of carbonyl (C=O) groups excluding carboxylic acids is 1. The standard InChI is InChI=1S/C22H18FN3O/c1-2-26-20-6-4-3-5-18(20)19-13-15(7-12-21(19)26)14-24-25-22(27)16-8-10-17(23)11-9-16/h3-14H,2H2,1H3,(H,25,27)/b24-14+. The number of benzene rings is 3. The number of rotatable bonds is 4. The van der Waals surface area contributed by atoms with Crippen LogP contribution in [0.3, 0.4) is 0 Å². The molecule has 5 heteroatoms. The second-order valence-electron chi connectivity index (χ2n) is 6.24. The first kappa shape index (κ1) is 17.0. The van der Waals surface area contributed by atoms with Gasteiger partial charge < -0.3 is 4.57 Å². The van der Waals surface area contributed by atoms with Gasteiger partial charge in [0.25, 0.3) is 5.91 Å². The van der Waals surface area contributed by atoms with Gasteiger partial charge in [-0.3, -0.25) is 4.79 Å². The molecule has 0 bridgehead atoms. The Morgan fingerprint density at radius 3 is 2.56 bits per heavy atom. The summed E-state index contributed by atoms with van der Waals surface area (Å²) >= 11 is 0. The molecule has 0 saturated heterocycles. The fourth-order valence-electron chi connectivity index (χ4n) is 3.32. The third-order valence-corrected chi connectivity index (χ3v) is 4.60. The van der Waals surface area contributed by atoms with E-state index in [4.69, 9.17) is 0 Å². The minimum atomic E-state index is -0.380. The van der Waals surface area contributed by atoms with Crippen LogP contribution in [0.4, 0.5) is 4.39 Å². The Labute approximate surface area is 155 Å². The summed E-state index contributed by atoms with van der Waals surface area (Å²) in [6.07, 6.45) is 1.61. The first-order chi connectivity index (χ1) is 13.2. The molecular formula is C22H18FN3O.